The van der Waals surface area contributed by atoms with Crippen LogP contribution in [-0.4, -0.2) is 30.6 Å². The van der Waals surface area contributed by atoms with Crippen LogP contribution in [0.3, 0.4) is 0 Å². The van der Waals surface area contributed by atoms with Gasteiger partial charge in [0.25, 0.3) is 0 Å². The molecule has 0 saturated carbocycles. The van der Waals surface area contributed by atoms with Crippen LogP contribution in [0.25, 0.3) is 0 Å². The summed E-state index contributed by atoms with van der Waals surface area (Å²) in [4.78, 5) is 2.59. The highest BCUT2D eigenvalue weighted by molar-refractivity contribution is 6.30. The Balaban J connectivity index is 3.24. The molecule has 0 aliphatic rings. The maximum absolute atomic E-state index is 6.03. The molecule has 0 aliphatic carbocycles. The van der Waals surface area contributed by atoms with Crippen LogP contribution in [-0.2, 0) is 0 Å². The van der Waals surface area contributed by atoms with Gasteiger partial charge in [0.05, 0.1) is 6.04 Å². The first-order valence-electron chi connectivity index (χ1n) is 7.77. The van der Waals surface area contributed by atoms with Crippen molar-refractivity contribution < 1.29 is 0 Å². The second kappa shape index (κ2) is 8.02. The largest absolute Gasteiger partial charge is 0.311 e. The predicted molar refractivity (Wildman–Crippen MR) is 89.5 cm³/mol. The van der Waals surface area contributed by atoms with E-state index < -0.39 is 0 Å². The molecular formula is C17H29ClN2. The minimum Gasteiger partial charge on any atom is -0.311 e. The molecule has 0 amide bonds. The maximum atomic E-state index is 6.03. The molecule has 3 heteroatoms. The molecular weight excluding hydrogens is 268 g/mol. The monoisotopic (exact) mass is 296 g/mol. The summed E-state index contributed by atoms with van der Waals surface area (Å²) in [6.07, 6.45) is 2.25. The third kappa shape index (κ3) is 3.36. The van der Waals surface area contributed by atoms with Gasteiger partial charge in [-0.2, -0.15) is 0 Å². The van der Waals surface area contributed by atoms with E-state index in [9.17, 15) is 0 Å². The first-order valence-corrected chi connectivity index (χ1v) is 8.15. The van der Waals surface area contributed by atoms with Gasteiger partial charge in [-0.1, -0.05) is 51.4 Å². The highest BCUT2D eigenvalue weighted by Gasteiger charge is 2.39. The molecule has 1 rings (SSSR count). The summed E-state index contributed by atoms with van der Waals surface area (Å²) in [5.74, 6) is 0. The molecule has 0 heterocycles. The summed E-state index contributed by atoms with van der Waals surface area (Å²) in [5.41, 5.74) is 1.46. The van der Waals surface area contributed by atoms with Crippen molar-refractivity contribution in [1.82, 2.24) is 10.2 Å². The van der Waals surface area contributed by atoms with Crippen molar-refractivity contribution in [2.45, 2.75) is 52.1 Å². The van der Waals surface area contributed by atoms with E-state index in [0.717, 1.165) is 31.0 Å². The maximum Gasteiger partial charge on any atom is 0.0504 e. The van der Waals surface area contributed by atoms with Gasteiger partial charge in [0.2, 0.25) is 0 Å². The third-order valence-electron chi connectivity index (χ3n) is 4.65. The van der Waals surface area contributed by atoms with E-state index >= 15 is 0 Å². The van der Waals surface area contributed by atoms with Crippen molar-refractivity contribution >= 4 is 11.6 Å². The first-order chi connectivity index (χ1) is 9.59. The minimum absolute atomic E-state index is 0.145. The van der Waals surface area contributed by atoms with Gasteiger partial charge in [-0.25, -0.2) is 0 Å². The Morgan fingerprint density at radius 3 is 1.90 bits per heavy atom. The summed E-state index contributed by atoms with van der Waals surface area (Å²) in [7, 11) is 2.06. The average molecular weight is 297 g/mol. The Kier molecular flexibility index (Phi) is 7.01. The molecule has 1 aromatic carbocycles. The quantitative estimate of drug-likeness (QED) is 0.760. The van der Waals surface area contributed by atoms with E-state index in [4.69, 9.17) is 11.6 Å². The zero-order valence-corrected chi connectivity index (χ0v) is 14.3. The molecule has 0 radical (unpaired) electrons. The average Bonchev–Trinajstić information content (AvgIpc) is 2.49. The van der Waals surface area contributed by atoms with Crippen molar-refractivity contribution in [2.24, 2.45) is 0 Å². The van der Waals surface area contributed by atoms with Crippen LogP contribution < -0.4 is 5.32 Å². The Labute approximate surface area is 129 Å². The van der Waals surface area contributed by atoms with Crippen molar-refractivity contribution in [2.75, 3.05) is 20.1 Å². The van der Waals surface area contributed by atoms with E-state index in [1.165, 1.54) is 5.56 Å². The SMILES string of the molecule is CCN(CC)C(CC)(CC)C(NC)c1ccc(Cl)cc1. The Morgan fingerprint density at radius 2 is 1.55 bits per heavy atom. The van der Waals surface area contributed by atoms with Gasteiger partial charge in [-0.05, 0) is 50.7 Å². The standard InChI is InChI=1S/C17H29ClN2/c1-6-17(7-2,20(8-3)9-4)16(19-5)14-10-12-15(18)13-11-14/h10-13,16,19H,6-9H2,1-5H3. The second-order valence-electron chi connectivity index (χ2n) is 5.26. The molecule has 1 atom stereocenters. The van der Waals surface area contributed by atoms with Crippen LogP contribution in [0.15, 0.2) is 24.3 Å². The summed E-state index contributed by atoms with van der Waals surface area (Å²) < 4.78 is 0. The van der Waals surface area contributed by atoms with Gasteiger partial charge in [0.1, 0.15) is 0 Å². The molecule has 0 saturated heterocycles. The summed E-state index contributed by atoms with van der Waals surface area (Å²) in [6.45, 7) is 11.2. The molecule has 20 heavy (non-hydrogen) atoms. The van der Waals surface area contributed by atoms with Crippen LogP contribution in [0.5, 0.6) is 0 Å². The Hall–Kier alpha value is -0.570. The van der Waals surface area contributed by atoms with Gasteiger partial charge in [-0.3, -0.25) is 4.90 Å². The van der Waals surface area contributed by atoms with Crippen LogP contribution >= 0.6 is 11.6 Å². The van der Waals surface area contributed by atoms with E-state index in [1.54, 1.807) is 0 Å². The lowest BCUT2D eigenvalue weighted by atomic mass is 9.79. The molecule has 0 aliphatic heterocycles. The number of halogens is 1. The lowest BCUT2D eigenvalue weighted by Gasteiger charge is -2.48. The highest BCUT2D eigenvalue weighted by atomic mass is 35.5. The number of nitrogens with zero attached hydrogens (tertiary/aromatic N) is 1. The Morgan fingerprint density at radius 1 is 1.05 bits per heavy atom. The number of nitrogens with one attached hydrogen (secondary N) is 1. The highest BCUT2D eigenvalue weighted by Crippen LogP contribution is 2.37. The first kappa shape index (κ1) is 17.5. The lowest BCUT2D eigenvalue weighted by molar-refractivity contribution is 0.0515. The molecule has 1 N–H and O–H groups in total. The van der Waals surface area contributed by atoms with Gasteiger partial charge >= 0.3 is 0 Å². The molecule has 1 aromatic rings. The molecule has 0 fully saturated rings. The normalized spacial score (nSPS) is 13.8. The topological polar surface area (TPSA) is 15.3 Å². The number of rotatable bonds is 8. The molecule has 0 aromatic heterocycles. The number of likely N-dealkylation sites (N-methyl/N-ethyl adjacent to an activating group) is 2. The molecule has 114 valence electrons. The van der Waals surface area contributed by atoms with Crippen molar-refractivity contribution in [1.29, 1.82) is 0 Å². The fourth-order valence-electron chi connectivity index (χ4n) is 3.54. The fourth-order valence-corrected chi connectivity index (χ4v) is 3.67. The van der Waals surface area contributed by atoms with Crippen molar-refractivity contribution in [3.63, 3.8) is 0 Å². The van der Waals surface area contributed by atoms with E-state index in [-0.39, 0.29) is 5.54 Å². The molecule has 0 bridgehead atoms. The number of benzene rings is 1. The zero-order valence-electron chi connectivity index (χ0n) is 13.5. The van der Waals surface area contributed by atoms with Gasteiger partial charge in [0.15, 0.2) is 0 Å². The smallest absolute Gasteiger partial charge is 0.0504 e. The lowest BCUT2D eigenvalue weighted by Crippen LogP contribution is -2.55. The van der Waals surface area contributed by atoms with Crippen LogP contribution in [0, 0.1) is 0 Å². The van der Waals surface area contributed by atoms with E-state index in [0.29, 0.717) is 6.04 Å². The van der Waals surface area contributed by atoms with Gasteiger partial charge in [-0.15, -0.1) is 0 Å². The van der Waals surface area contributed by atoms with Crippen molar-refractivity contribution in [3.05, 3.63) is 34.9 Å². The summed E-state index contributed by atoms with van der Waals surface area (Å²) >= 11 is 6.03. The number of hydrogen-bond donors (Lipinski definition) is 1. The van der Waals surface area contributed by atoms with Crippen molar-refractivity contribution in [3.8, 4) is 0 Å². The number of hydrogen-bond acceptors (Lipinski definition) is 2. The summed E-state index contributed by atoms with van der Waals surface area (Å²) in [6, 6.07) is 8.58. The van der Waals surface area contributed by atoms with Crippen LogP contribution in [0.2, 0.25) is 5.02 Å². The second-order valence-corrected chi connectivity index (χ2v) is 5.69. The van der Waals surface area contributed by atoms with E-state index in [1.807, 2.05) is 12.1 Å². The van der Waals surface area contributed by atoms with Gasteiger partial charge in [0, 0.05) is 10.6 Å². The van der Waals surface area contributed by atoms with Gasteiger partial charge < -0.3 is 5.32 Å². The third-order valence-corrected chi connectivity index (χ3v) is 4.90. The van der Waals surface area contributed by atoms with E-state index in [2.05, 4.69) is 57.1 Å². The van der Waals surface area contributed by atoms with Crippen LogP contribution in [0.4, 0.5) is 0 Å². The predicted octanol–water partition coefficient (Wildman–Crippen LogP) is 4.50. The van der Waals surface area contributed by atoms with Crippen LogP contribution in [0.1, 0.15) is 52.1 Å². The molecule has 2 nitrogen and oxygen atoms in total. The molecule has 1 unspecified atom stereocenters. The minimum atomic E-state index is 0.145. The fraction of sp³-hybridized carbons (Fsp3) is 0.647. The zero-order chi connectivity index (χ0) is 15.2. The Bertz CT molecular complexity index is 380. The molecule has 0 spiro atoms. The summed E-state index contributed by atoms with van der Waals surface area (Å²) in [5, 5.41) is 4.34.